The van der Waals surface area contributed by atoms with E-state index in [-0.39, 0.29) is 6.04 Å². The number of benzene rings is 1. The second-order valence-corrected chi connectivity index (χ2v) is 6.42. The highest BCUT2D eigenvalue weighted by Crippen LogP contribution is 2.29. The summed E-state index contributed by atoms with van der Waals surface area (Å²) in [5.41, 5.74) is 1.07. The summed E-state index contributed by atoms with van der Waals surface area (Å²) < 4.78 is 2.73. The lowest BCUT2D eigenvalue weighted by atomic mass is 10.2. The Morgan fingerprint density at radius 2 is 1.95 bits per heavy atom. The summed E-state index contributed by atoms with van der Waals surface area (Å²) in [5, 5.41) is 7.30. The number of nitrogens with zero attached hydrogens (tertiary/aromatic N) is 2. The molecule has 0 saturated carbocycles. The van der Waals surface area contributed by atoms with Gasteiger partial charge >= 0.3 is 0 Å². The van der Waals surface area contributed by atoms with E-state index in [1.165, 1.54) is 9.75 Å². The van der Waals surface area contributed by atoms with Crippen LogP contribution >= 0.6 is 23.6 Å². The van der Waals surface area contributed by atoms with Gasteiger partial charge in [-0.3, -0.25) is 9.67 Å². The van der Waals surface area contributed by atoms with Crippen molar-refractivity contribution in [2.24, 2.45) is 0 Å². The molecule has 3 aromatic rings. The molecular formula is C15H15N3S2. The molecule has 0 amide bonds. The molecule has 0 bridgehead atoms. The Labute approximate surface area is 126 Å². The Morgan fingerprint density at radius 1 is 1.20 bits per heavy atom. The number of aromatic nitrogens is 3. The first-order chi connectivity index (χ1) is 9.66. The van der Waals surface area contributed by atoms with Crippen LogP contribution in [0.5, 0.6) is 0 Å². The van der Waals surface area contributed by atoms with Gasteiger partial charge in [0.2, 0.25) is 0 Å². The minimum absolute atomic E-state index is 0.176. The van der Waals surface area contributed by atoms with Gasteiger partial charge in [-0.25, -0.2) is 0 Å². The second-order valence-electron chi connectivity index (χ2n) is 4.71. The Kier molecular flexibility index (Phi) is 3.54. The predicted molar refractivity (Wildman–Crippen MR) is 85.7 cm³/mol. The van der Waals surface area contributed by atoms with Crippen molar-refractivity contribution in [1.82, 2.24) is 14.8 Å². The van der Waals surface area contributed by atoms with Gasteiger partial charge in [0.1, 0.15) is 0 Å². The second kappa shape index (κ2) is 5.34. The minimum Gasteiger partial charge on any atom is -0.292 e. The van der Waals surface area contributed by atoms with Gasteiger partial charge < -0.3 is 0 Å². The number of aryl methyl sites for hydroxylation is 1. The van der Waals surface area contributed by atoms with E-state index >= 15 is 0 Å². The van der Waals surface area contributed by atoms with Crippen molar-refractivity contribution in [2.75, 3.05) is 0 Å². The van der Waals surface area contributed by atoms with E-state index in [2.05, 4.69) is 40.7 Å². The van der Waals surface area contributed by atoms with Gasteiger partial charge in [0.05, 0.1) is 6.04 Å². The largest absolute Gasteiger partial charge is 0.292 e. The molecule has 0 aliphatic carbocycles. The number of rotatable bonds is 3. The van der Waals surface area contributed by atoms with Crippen LogP contribution in [0.15, 0.2) is 42.5 Å². The molecule has 2 heterocycles. The van der Waals surface area contributed by atoms with Gasteiger partial charge in [-0.15, -0.1) is 11.3 Å². The van der Waals surface area contributed by atoms with Crippen LogP contribution in [0.1, 0.15) is 22.7 Å². The van der Waals surface area contributed by atoms with Crippen LogP contribution in [0.2, 0.25) is 0 Å². The van der Waals surface area contributed by atoms with E-state index < -0.39 is 0 Å². The third-order valence-electron chi connectivity index (χ3n) is 3.30. The maximum Gasteiger partial charge on any atom is 0.196 e. The van der Waals surface area contributed by atoms with Gasteiger partial charge in [-0.2, -0.15) is 5.10 Å². The molecule has 1 aromatic carbocycles. The fourth-order valence-corrected chi connectivity index (χ4v) is 3.47. The predicted octanol–water partition coefficient (Wildman–Crippen LogP) is 4.59. The number of H-pyrrole nitrogens is 1. The molecule has 0 aliphatic rings. The maximum absolute atomic E-state index is 5.41. The lowest BCUT2D eigenvalue weighted by molar-refractivity contribution is 0.646. The number of aromatic amines is 1. The van der Waals surface area contributed by atoms with Gasteiger partial charge in [-0.1, -0.05) is 30.3 Å². The van der Waals surface area contributed by atoms with Gasteiger partial charge in [0.15, 0.2) is 10.6 Å². The Hall–Kier alpha value is -1.72. The average Bonchev–Trinajstić information content (AvgIpc) is 3.05. The summed E-state index contributed by atoms with van der Waals surface area (Å²) in [6.07, 6.45) is 0. The monoisotopic (exact) mass is 301 g/mol. The lowest BCUT2D eigenvalue weighted by Gasteiger charge is -2.14. The van der Waals surface area contributed by atoms with Crippen LogP contribution in [-0.4, -0.2) is 14.8 Å². The van der Waals surface area contributed by atoms with E-state index in [0.29, 0.717) is 4.77 Å². The van der Waals surface area contributed by atoms with Crippen LogP contribution < -0.4 is 0 Å². The Morgan fingerprint density at radius 3 is 2.60 bits per heavy atom. The number of thiophene rings is 1. The quantitative estimate of drug-likeness (QED) is 0.718. The molecular weight excluding hydrogens is 286 g/mol. The van der Waals surface area contributed by atoms with Gasteiger partial charge in [-0.05, 0) is 38.2 Å². The molecule has 1 atom stereocenters. The first-order valence-electron chi connectivity index (χ1n) is 6.45. The van der Waals surface area contributed by atoms with Crippen molar-refractivity contribution >= 4 is 23.6 Å². The highest BCUT2D eigenvalue weighted by Gasteiger charge is 2.17. The van der Waals surface area contributed by atoms with Crippen molar-refractivity contribution in [3.8, 4) is 11.4 Å². The van der Waals surface area contributed by atoms with Crippen molar-refractivity contribution in [2.45, 2.75) is 19.9 Å². The molecule has 0 spiro atoms. The van der Waals surface area contributed by atoms with Gasteiger partial charge in [0.25, 0.3) is 0 Å². The SMILES string of the molecule is Cc1ccc(C(C)n2c(-c3ccccc3)n[nH]c2=S)s1. The van der Waals surface area contributed by atoms with E-state index in [1.807, 2.05) is 30.3 Å². The normalized spacial score (nSPS) is 12.5. The molecule has 3 nitrogen and oxygen atoms in total. The summed E-state index contributed by atoms with van der Waals surface area (Å²) in [7, 11) is 0. The zero-order valence-corrected chi connectivity index (χ0v) is 13.0. The zero-order valence-electron chi connectivity index (χ0n) is 11.3. The van der Waals surface area contributed by atoms with E-state index in [9.17, 15) is 0 Å². The molecule has 5 heteroatoms. The fraction of sp³-hybridized carbons (Fsp3) is 0.200. The lowest BCUT2D eigenvalue weighted by Crippen LogP contribution is -2.07. The number of hydrogen-bond donors (Lipinski definition) is 1. The molecule has 2 aromatic heterocycles. The molecule has 0 saturated heterocycles. The molecule has 1 unspecified atom stereocenters. The van der Waals surface area contributed by atoms with Crippen LogP contribution in [0.3, 0.4) is 0 Å². The van der Waals surface area contributed by atoms with Crippen LogP contribution in [0, 0.1) is 11.7 Å². The smallest absolute Gasteiger partial charge is 0.196 e. The first-order valence-corrected chi connectivity index (χ1v) is 7.68. The number of nitrogens with one attached hydrogen (secondary N) is 1. The van der Waals surface area contributed by atoms with E-state index in [4.69, 9.17) is 12.2 Å². The number of hydrogen-bond acceptors (Lipinski definition) is 3. The van der Waals surface area contributed by atoms with Crippen molar-refractivity contribution in [3.63, 3.8) is 0 Å². The summed E-state index contributed by atoms with van der Waals surface area (Å²) in [6.45, 7) is 4.27. The van der Waals surface area contributed by atoms with Crippen molar-refractivity contribution < 1.29 is 0 Å². The average molecular weight is 301 g/mol. The molecule has 0 aliphatic heterocycles. The third kappa shape index (κ3) is 2.34. The molecule has 0 fully saturated rings. The molecule has 0 radical (unpaired) electrons. The first kappa shape index (κ1) is 13.3. The van der Waals surface area contributed by atoms with Crippen molar-refractivity contribution in [1.29, 1.82) is 0 Å². The topological polar surface area (TPSA) is 33.6 Å². The summed E-state index contributed by atoms with van der Waals surface area (Å²) in [6, 6.07) is 14.6. The molecule has 102 valence electrons. The molecule has 1 N–H and O–H groups in total. The summed E-state index contributed by atoms with van der Waals surface area (Å²) in [5.74, 6) is 0.883. The highest BCUT2D eigenvalue weighted by molar-refractivity contribution is 7.71. The van der Waals surface area contributed by atoms with E-state index in [1.54, 1.807) is 11.3 Å². The third-order valence-corrected chi connectivity index (χ3v) is 4.76. The maximum atomic E-state index is 5.41. The fourth-order valence-electron chi connectivity index (χ4n) is 2.26. The standard InChI is InChI=1S/C15H15N3S2/c1-10-8-9-13(20-10)11(2)18-14(16-17-15(18)19)12-6-4-3-5-7-12/h3-9,11H,1-2H3,(H,17,19). The molecule has 20 heavy (non-hydrogen) atoms. The van der Waals surface area contributed by atoms with Crippen LogP contribution in [0.4, 0.5) is 0 Å². The van der Waals surface area contributed by atoms with E-state index in [0.717, 1.165) is 11.4 Å². The summed E-state index contributed by atoms with van der Waals surface area (Å²) in [4.78, 5) is 2.60. The summed E-state index contributed by atoms with van der Waals surface area (Å²) >= 11 is 7.20. The Bertz CT molecular complexity index is 768. The highest BCUT2D eigenvalue weighted by atomic mass is 32.1. The molecule has 3 rings (SSSR count). The van der Waals surface area contributed by atoms with Crippen LogP contribution in [-0.2, 0) is 0 Å². The zero-order chi connectivity index (χ0) is 14.1. The van der Waals surface area contributed by atoms with Gasteiger partial charge in [0, 0.05) is 15.3 Å². The van der Waals surface area contributed by atoms with Crippen LogP contribution in [0.25, 0.3) is 11.4 Å². The minimum atomic E-state index is 0.176. The Balaban J connectivity index is 2.10. The van der Waals surface area contributed by atoms with Crippen molar-refractivity contribution in [3.05, 3.63) is 57.0 Å².